The van der Waals surface area contributed by atoms with Crippen LogP contribution in [0.25, 0.3) is 11.1 Å². The van der Waals surface area contributed by atoms with Crippen LogP contribution in [0.3, 0.4) is 0 Å². The summed E-state index contributed by atoms with van der Waals surface area (Å²) in [5, 5.41) is 8.84. The molecule has 0 aliphatic heterocycles. The monoisotopic (exact) mass is 294 g/mol. The van der Waals surface area contributed by atoms with Crippen LogP contribution in [0.15, 0.2) is 36.4 Å². The van der Waals surface area contributed by atoms with Gasteiger partial charge in [-0.15, -0.1) is 0 Å². The first-order chi connectivity index (χ1) is 9.51. The highest BCUT2D eigenvalue weighted by molar-refractivity contribution is 6.31. The van der Waals surface area contributed by atoms with Crippen molar-refractivity contribution in [2.75, 3.05) is 7.11 Å². The second-order valence-corrected chi connectivity index (χ2v) is 4.64. The average Bonchev–Trinajstić information content (AvgIpc) is 2.41. The number of aliphatic carboxylic acids is 1. The lowest BCUT2D eigenvalue weighted by Crippen LogP contribution is -2.00. The third-order valence-electron chi connectivity index (χ3n) is 2.85. The van der Waals surface area contributed by atoms with Gasteiger partial charge in [-0.25, -0.2) is 4.39 Å². The molecule has 2 aromatic carbocycles. The van der Waals surface area contributed by atoms with Gasteiger partial charge in [0.2, 0.25) is 0 Å². The van der Waals surface area contributed by atoms with Crippen molar-refractivity contribution in [3.8, 4) is 16.9 Å². The van der Waals surface area contributed by atoms with Crippen LogP contribution in [0.1, 0.15) is 5.56 Å². The minimum Gasteiger partial charge on any atom is -0.496 e. The number of carboxylic acid groups (broad SMARTS) is 1. The number of ether oxygens (including phenoxy) is 1. The quantitative estimate of drug-likeness (QED) is 0.933. The van der Waals surface area contributed by atoms with Gasteiger partial charge in [0.05, 0.1) is 18.6 Å². The molecule has 0 atom stereocenters. The Hall–Kier alpha value is -2.07. The van der Waals surface area contributed by atoms with Crippen LogP contribution in [0.2, 0.25) is 5.02 Å². The van der Waals surface area contributed by atoms with E-state index in [-0.39, 0.29) is 11.4 Å². The first-order valence-corrected chi connectivity index (χ1v) is 6.23. The van der Waals surface area contributed by atoms with Gasteiger partial charge in [-0.2, -0.15) is 0 Å². The molecule has 0 saturated carbocycles. The first kappa shape index (κ1) is 14.3. The Morgan fingerprint density at radius 3 is 2.65 bits per heavy atom. The van der Waals surface area contributed by atoms with Gasteiger partial charge in [0.1, 0.15) is 11.6 Å². The Labute approximate surface area is 120 Å². The second kappa shape index (κ2) is 5.92. The SMILES string of the molecule is COc1ccc(CC(=O)O)cc1-c1ccc(F)c(Cl)c1. The molecule has 0 spiro atoms. The number of benzene rings is 2. The summed E-state index contributed by atoms with van der Waals surface area (Å²) in [6, 6.07) is 9.40. The topological polar surface area (TPSA) is 46.5 Å². The lowest BCUT2D eigenvalue weighted by atomic mass is 10.0. The lowest BCUT2D eigenvalue weighted by molar-refractivity contribution is -0.136. The molecule has 0 unspecified atom stereocenters. The maximum Gasteiger partial charge on any atom is 0.307 e. The van der Waals surface area contributed by atoms with Crippen molar-refractivity contribution in [3.63, 3.8) is 0 Å². The highest BCUT2D eigenvalue weighted by atomic mass is 35.5. The van der Waals surface area contributed by atoms with Crippen molar-refractivity contribution in [2.45, 2.75) is 6.42 Å². The zero-order valence-electron chi connectivity index (χ0n) is 10.7. The molecular formula is C15H12ClFO3. The van der Waals surface area contributed by atoms with E-state index in [1.54, 1.807) is 24.3 Å². The molecule has 0 amide bonds. The normalized spacial score (nSPS) is 10.3. The molecule has 0 bridgehead atoms. The summed E-state index contributed by atoms with van der Waals surface area (Å²) in [6.07, 6.45) is -0.0913. The summed E-state index contributed by atoms with van der Waals surface area (Å²) in [6.45, 7) is 0. The number of hydrogen-bond acceptors (Lipinski definition) is 2. The van der Waals surface area contributed by atoms with E-state index >= 15 is 0 Å². The Morgan fingerprint density at radius 2 is 2.05 bits per heavy atom. The molecule has 20 heavy (non-hydrogen) atoms. The summed E-state index contributed by atoms with van der Waals surface area (Å²) < 4.78 is 18.5. The highest BCUT2D eigenvalue weighted by Gasteiger charge is 2.11. The van der Waals surface area contributed by atoms with Crippen molar-refractivity contribution in [1.82, 2.24) is 0 Å². The molecule has 5 heteroatoms. The zero-order valence-corrected chi connectivity index (χ0v) is 11.4. The van der Waals surface area contributed by atoms with E-state index in [2.05, 4.69) is 0 Å². The number of carboxylic acids is 1. The second-order valence-electron chi connectivity index (χ2n) is 4.23. The molecule has 0 saturated heterocycles. The van der Waals surface area contributed by atoms with Crippen LogP contribution in [0, 0.1) is 5.82 Å². The van der Waals surface area contributed by atoms with Crippen LogP contribution in [0.4, 0.5) is 4.39 Å². The number of halogens is 2. The number of hydrogen-bond donors (Lipinski definition) is 1. The van der Waals surface area contributed by atoms with Crippen molar-refractivity contribution >= 4 is 17.6 Å². The van der Waals surface area contributed by atoms with Crippen molar-refractivity contribution in [2.24, 2.45) is 0 Å². The largest absolute Gasteiger partial charge is 0.496 e. The van der Waals surface area contributed by atoms with Crippen LogP contribution in [-0.2, 0) is 11.2 Å². The van der Waals surface area contributed by atoms with Crippen LogP contribution in [-0.4, -0.2) is 18.2 Å². The molecule has 2 rings (SSSR count). The fraction of sp³-hybridized carbons (Fsp3) is 0.133. The maximum absolute atomic E-state index is 13.2. The first-order valence-electron chi connectivity index (χ1n) is 5.85. The average molecular weight is 295 g/mol. The van der Waals surface area contributed by atoms with E-state index in [4.69, 9.17) is 21.4 Å². The van der Waals surface area contributed by atoms with E-state index in [1.807, 2.05) is 0 Å². The van der Waals surface area contributed by atoms with E-state index in [1.165, 1.54) is 19.2 Å². The standard InChI is InChI=1S/C15H12ClFO3/c1-20-14-5-2-9(7-15(18)19)6-11(14)10-3-4-13(17)12(16)8-10/h2-6,8H,7H2,1H3,(H,18,19). The molecular weight excluding hydrogens is 283 g/mol. The van der Waals surface area contributed by atoms with Crippen LogP contribution >= 0.6 is 11.6 Å². The van der Waals surface area contributed by atoms with Crippen molar-refractivity contribution < 1.29 is 19.0 Å². The molecule has 3 nitrogen and oxygen atoms in total. The van der Waals surface area contributed by atoms with Crippen molar-refractivity contribution in [3.05, 3.63) is 52.8 Å². The Balaban J connectivity index is 2.51. The van der Waals surface area contributed by atoms with Gasteiger partial charge in [0, 0.05) is 5.56 Å². The van der Waals surface area contributed by atoms with Gasteiger partial charge in [-0.05, 0) is 35.4 Å². The molecule has 0 aliphatic rings. The van der Waals surface area contributed by atoms with Crippen LogP contribution in [0.5, 0.6) is 5.75 Å². The van der Waals surface area contributed by atoms with E-state index in [0.717, 1.165) is 0 Å². The van der Waals surface area contributed by atoms with E-state index < -0.39 is 11.8 Å². The predicted octanol–water partition coefficient (Wildman–Crippen LogP) is 3.78. The Morgan fingerprint density at radius 1 is 1.30 bits per heavy atom. The summed E-state index contributed by atoms with van der Waals surface area (Å²) in [7, 11) is 1.51. The van der Waals surface area contributed by atoms with Gasteiger partial charge in [-0.1, -0.05) is 23.7 Å². The molecule has 1 N–H and O–H groups in total. The summed E-state index contributed by atoms with van der Waals surface area (Å²) >= 11 is 5.77. The number of rotatable bonds is 4. The fourth-order valence-corrected chi connectivity index (χ4v) is 2.11. The van der Waals surface area contributed by atoms with Gasteiger partial charge >= 0.3 is 5.97 Å². The third-order valence-corrected chi connectivity index (χ3v) is 3.14. The minimum absolute atomic E-state index is 0.00758. The third kappa shape index (κ3) is 3.08. The predicted molar refractivity (Wildman–Crippen MR) is 74.7 cm³/mol. The molecule has 0 aromatic heterocycles. The highest BCUT2D eigenvalue weighted by Crippen LogP contribution is 2.33. The molecule has 0 aliphatic carbocycles. The molecule has 0 heterocycles. The Kier molecular flexibility index (Phi) is 4.25. The van der Waals surface area contributed by atoms with Gasteiger partial charge in [0.15, 0.2) is 0 Å². The van der Waals surface area contributed by atoms with Crippen LogP contribution < -0.4 is 4.74 Å². The van der Waals surface area contributed by atoms with E-state index in [9.17, 15) is 9.18 Å². The van der Waals surface area contributed by atoms with E-state index in [0.29, 0.717) is 22.4 Å². The lowest BCUT2D eigenvalue weighted by Gasteiger charge is -2.11. The van der Waals surface area contributed by atoms with Crippen molar-refractivity contribution in [1.29, 1.82) is 0 Å². The molecule has 0 fully saturated rings. The zero-order chi connectivity index (χ0) is 14.7. The smallest absolute Gasteiger partial charge is 0.307 e. The summed E-state index contributed by atoms with van der Waals surface area (Å²) in [5.74, 6) is -0.851. The fourth-order valence-electron chi connectivity index (χ4n) is 1.93. The number of methoxy groups -OCH3 is 1. The maximum atomic E-state index is 13.2. The molecule has 104 valence electrons. The molecule has 2 aromatic rings. The van der Waals surface area contributed by atoms with Gasteiger partial charge in [-0.3, -0.25) is 4.79 Å². The Bertz CT molecular complexity index is 656. The van der Waals surface area contributed by atoms with Gasteiger partial charge in [0.25, 0.3) is 0 Å². The number of carbonyl (C=O) groups is 1. The van der Waals surface area contributed by atoms with Gasteiger partial charge < -0.3 is 9.84 Å². The summed E-state index contributed by atoms with van der Waals surface area (Å²) in [4.78, 5) is 10.8. The minimum atomic E-state index is -0.918. The summed E-state index contributed by atoms with van der Waals surface area (Å²) in [5.41, 5.74) is 1.97. The molecule has 0 radical (unpaired) electrons.